The van der Waals surface area contributed by atoms with E-state index in [1.54, 1.807) is 0 Å². The Morgan fingerprint density at radius 2 is 2.05 bits per heavy atom. The van der Waals surface area contributed by atoms with E-state index in [9.17, 15) is 0 Å². The molecule has 3 nitrogen and oxygen atoms in total. The third-order valence-electron chi connectivity index (χ3n) is 3.78. The second kappa shape index (κ2) is 6.06. The maximum absolute atomic E-state index is 4.74. The smallest absolute Gasteiger partial charge is 0.136 e. The van der Waals surface area contributed by atoms with E-state index in [-0.39, 0.29) is 0 Å². The molecule has 3 rings (SSSR count). The van der Waals surface area contributed by atoms with Gasteiger partial charge in [-0.2, -0.15) is 0 Å². The molecule has 2 heterocycles. The van der Waals surface area contributed by atoms with Crippen LogP contribution in [-0.4, -0.2) is 24.6 Å². The van der Waals surface area contributed by atoms with Crippen LogP contribution in [0.1, 0.15) is 18.9 Å². The third kappa shape index (κ3) is 2.54. The molecule has 2 aromatic rings. The lowest BCUT2D eigenvalue weighted by atomic mass is 10.1. The first-order chi connectivity index (χ1) is 9.90. The summed E-state index contributed by atoms with van der Waals surface area (Å²) >= 11 is 0. The summed E-state index contributed by atoms with van der Waals surface area (Å²) in [5, 5.41) is 5.97. The minimum absolute atomic E-state index is 0.879. The molecule has 0 aliphatic carbocycles. The van der Waals surface area contributed by atoms with Gasteiger partial charge in [0.25, 0.3) is 0 Å². The van der Waals surface area contributed by atoms with Crippen LogP contribution in [-0.2, 0) is 6.54 Å². The first-order valence-corrected chi connectivity index (χ1v) is 7.37. The van der Waals surface area contributed by atoms with Crippen molar-refractivity contribution in [1.29, 1.82) is 0 Å². The maximum Gasteiger partial charge on any atom is 0.136 e. The lowest BCUT2D eigenvalue weighted by molar-refractivity contribution is 0.727. The van der Waals surface area contributed by atoms with Crippen LogP contribution in [0.4, 0.5) is 5.82 Å². The van der Waals surface area contributed by atoms with Gasteiger partial charge in [-0.3, -0.25) is 0 Å². The van der Waals surface area contributed by atoms with Crippen LogP contribution in [0.5, 0.6) is 0 Å². The Morgan fingerprint density at radius 1 is 1.20 bits per heavy atom. The number of benzene rings is 1. The fourth-order valence-electron chi connectivity index (χ4n) is 2.72. The SMILES string of the molecule is CCNCc1cnc(N2CC=CCC2)c2ccccc12. The minimum Gasteiger partial charge on any atom is -0.352 e. The van der Waals surface area contributed by atoms with Gasteiger partial charge >= 0.3 is 0 Å². The molecule has 1 aliphatic heterocycles. The quantitative estimate of drug-likeness (QED) is 0.863. The number of aromatic nitrogens is 1. The highest BCUT2D eigenvalue weighted by atomic mass is 15.2. The first kappa shape index (κ1) is 13.1. The summed E-state index contributed by atoms with van der Waals surface area (Å²) in [6, 6.07) is 8.60. The largest absolute Gasteiger partial charge is 0.352 e. The lowest BCUT2D eigenvalue weighted by Crippen LogP contribution is -2.28. The molecule has 0 saturated heterocycles. The molecule has 0 fully saturated rings. The van der Waals surface area contributed by atoms with Gasteiger partial charge in [-0.15, -0.1) is 0 Å². The molecule has 1 aliphatic rings. The lowest BCUT2D eigenvalue weighted by Gasteiger charge is -2.26. The normalized spacial score (nSPS) is 14.9. The molecule has 0 bridgehead atoms. The van der Waals surface area contributed by atoms with Crippen LogP contribution in [0, 0.1) is 0 Å². The second-order valence-corrected chi connectivity index (χ2v) is 5.14. The summed E-state index contributed by atoms with van der Waals surface area (Å²) in [6.07, 6.45) is 7.61. The van der Waals surface area contributed by atoms with Crippen LogP contribution in [0.25, 0.3) is 10.8 Å². The molecule has 104 valence electrons. The third-order valence-corrected chi connectivity index (χ3v) is 3.78. The predicted octanol–water partition coefficient (Wildman–Crippen LogP) is 3.11. The maximum atomic E-state index is 4.74. The first-order valence-electron chi connectivity index (χ1n) is 7.37. The van der Waals surface area contributed by atoms with Crippen molar-refractivity contribution in [2.45, 2.75) is 19.9 Å². The van der Waals surface area contributed by atoms with E-state index in [2.05, 4.69) is 53.6 Å². The average molecular weight is 267 g/mol. The van der Waals surface area contributed by atoms with Crippen LogP contribution >= 0.6 is 0 Å². The molecule has 1 aromatic heterocycles. The van der Waals surface area contributed by atoms with Gasteiger partial charge in [0.1, 0.15) is 5.82 Å². The van der Waals surface area contributed by atoms with E-state index < -0.39 is 0 Å². The zero-order chi connectivity index (χ0) is 13.8. The van der Waals surface area contributed by atoms with Gasteiger partial charge in [-0.1, -0.05) is 43.3 Å². The molecule has 0 spiro atoms. The van der Waals surface area contributed by atoms with Gasteiger partial charge in [0.05, 0.1) is 0 Å². The molecule has 0 saturated carbocycles. The molecule has 20 heavy (non-hydrogen) atoms. The summed E-state index contributed by atoms with van der Waals surface area (Å²) in [6.45, 7) is 6.00. The van der Waals surface area contributed by atoms with Crippen LogP contribution in [0.2, 0.25) is 0 Å². The highest BCUT2D eigenvalue weighted by Gasteiger charge is 2.13. The fourth-order valence-corrected chi connectivity index (χ4v) is 2.72. The van der Waals surface area contributed by atoms with Crippen LogP contribution in [0.15, 0.2) is 42.6 Å². The summed E-state index contributed by atoms with van der Waals surface area (Å²) in [5.41, 5.74) is 1.28. The van der Waals surface area contributed by atoms with Gasteiger partial charge in [-0.05, 0) is 23.9 Å². The molecule has 1 aromatic carbocycles. The molecule has 0 amide bonds. The Morgan fingerprint density at radius 3 is 2.80 bits per heavy atom. The molecule has 0 atom stereocenters. The van der Waals surface area contributed by atoms with Crippen LogP contribution in [0.3, 0.4) is 0 Å². The topological polar surface area (TPSA) is 28.2 Å². The summed E-state index contributed by atoms with van der Waals surface area (Å²) < 4.78 is 0. The van der Waals surface area contributed by atoms with E-state index in [1.165, 1.54) is 16.3 Å². The monoisotopic (exact) mass is 267 g/mol. The van der Waals surface area contributed by atoms with Gasteiger partial charge in [0.15, 0.2) is 0 Å². The number of hydrogen-bond acceptors (Lipinski definition) is 3. The molecule has 0 radical (unpaired) electrons. The number of nitrogens with one attached hydrogen (secondary N) is 1. The standard InChI is InChI=1S/C17H21N3/c1-2-18-12-14-13-19-17(20-10-6-3-7-11-20)16-9-5-4-8-15(14)16/h3-6,8-9,13,18H,2,7,10-12H2,1H3. The molecular weight excluding hydrogens is 246 g/mol. The zero-order valence-electron chi connectivity index (χ0n) is 12.0. The number of pyridine rings is 1. The number of rotatable bonds is 4. The van der Waals surface area contributed by atoms with Crippen LogP contribution < -0.4 is 10.2 Å². The Labute approximate surface area is 120 Å². The van der Waals surface area contributed by atoms with Crippen molar-refractivity contribution in [3.05, 3.63) is 48.2 Å². The average Bonchev–Trinajstić information content (AvgIpc) is 2.53. The van der Waals surface area contributed by atoms with Crippen molar-refractivity contribution in [3.63, 3.8) is 0 Å². The van der Waals surface area contributed by atoms with Crippen molar-refractivity contribution < 1.29 is 0 Å². The van der Waals surface area contributed by atoms with Crippen molar-refractivity contribution in [3.8, 4) is 0 Å². The Hall–Kier alpha value is -1.87. The van der Waals surface area contributed by atoms with E-state index in [1.807, 2.05) is 6.20 Å². The summed E-state index contributed by atoms with van der Waals surface area (Å²) in [4.78, 5) is 7.10. The van der Waals surface area contributed by atoms with E-state index in [0.29, 0.717) is 0 Å². The number of hydrogen-bond donors (Lipinski definition) is 1. The number of fused-ring (bicyclic) bond motifs is 1. The summed E-state index contributed by atoms with van der Waals surface area (Å²) in [7, 11) is 0. The van der Waals surface area contributed by atoms with Gasteiger partial charge in [0.2, 0.25) is 0 Å². The van der Waals surface area contributed by atoms with Gasteiger partial charge in [-0.25, -0.2) is 4.98 Å². The highest BCUT2D eigenvalue weighted by Crippen LogP contribution is 2.28. The van der Waals surface area contributed by atoms with E-state index in [4.69, 9.17) is 4.98 Å². The Balaban J connectivity index is 2.03. The number of anilines is 1. The molecular formula is C17H21N3. The van der Waals surface area contributed by atoms with Gasteiger partial charge in [0, 0.05) is 31.2 Å². The predicted molar refractivity (Wildman–Crippen MR) is 85.1 cm³/mol. The molecule has 0 unspecified atom stereocenters. The van der Waals surface area contributed by atoms with Crippen molar-refractivity contribution in [2.24, 2.45) is 0 Å². The minimum atomic E-state index is 0.879. The van der Waals surface area contributed by atoms with E-state index in [0.717, 1.165) is 38.4 Å². The Kier molecular flexibility index (Phi) is 3.97. The van der Waals surface area contributed by atoms with Crippen molar-refractivity contribution in [2.75, 3.05) is 24.5 Å². The Bertz CT molecular complexity index is 619. The fraction of sp³-hybridized carbons (Fsp3) is 0.353. The summed E-state index contributed by atoms with van der Waals surface area (Å²) in [5.74, 6) is 1.12. The highest BCUT2D eigenvalue weighted by molar-refractivity contribution is 5.94. The van der Waals surface area contributed by atoms with Crippen molar-refractivity contribution in [1.82, 2.24) is 10.3 Å². The molecule has 3 heteroatoms. The number of nitrogens with zero attached hydrogens (tertiary/aromatic N) is 2. The molecule has 1 N–H and O–H groups in total. The van der Waals surface area contributed by atoms with E-state index >= 15 is 0 Å². The van der Waals surface area contributed by atoms with Crippen molar-refractivity contribution >= 4 is 16.6 Å². The second-order valence-electron chi connectivity index (χ2n) is 5.14. The zero-order valence-corrected chi connectivity index (χ0v) is 12.0. The van der Waals surface area contributed by atoms with Gasteiger partial charge < -0.3 is 10.2 Å².